The van der Waals surface area contributed by atoms with Gasteiger partial charge in [-0.1, -0.05) is 6.92 Å². The van der Waals surface area contributed by atoms with Gasteiger partial charge < -0.3 is 9.47 Å². The van der Waals surface area contributed by atoms with Gasteiger partial charge in [-0.05, 0) is 31.5 Å². The van der Waals surface area contributed by atoms with Crippen LogP contribution in [-0.4, -0.2) is 29.3 Å². The third-order valence-electron chi connectivity index (χ3n) is 3.75. The first kappa shape index (κ1) is 13.7. The van der Waals surface area contributed by atoms with Gasteiger partial charge in [0.2, 0.25) is 0 Å². The third-order valence-corrected chi connectivity index (χ3v) is 3.75. The second-order valence-corrected chi connectivity index (χ2v) is 5.15. The minimum Gasteiger partial charge on any atom is -0.486 e. The Morgan fingerprint density at radius 1 is 1.33 bits per heavy atom. The average molecular weight is 286 g/mol. The summed E-state index contributed by atoms with van der Waals surface area (Å²) in [6.45, 7) is 5.28. The summed E-state index contributed by atoms with van der Waals surface area (Å²) in [5.41, 5.74) is 2.14. The second kappa shape index (κ2) is 5.60. The van der Waals surface area contributed by atoms with E-state index >= 15 is 0 Å². The van der Waals surface area contributed by atoms with E-state index in [1.54, 1.807) is 6.20 Å². The number of carbonyl (C=O) groups excluding carboxylic acids is 1. The molecule has 5 heteroatoms. The normalized spacial score (nSPS) is 14.8. The highest BCUT2D eigenvalue weighted by atomic mass is 16.6. The maximum absolute atomic E-state index is 11.3. The SMILES string of the molecule is CCC(C)n1cc(C=O)c(-c2ccc3c(c2)OCCO3)n1. The van der Waals surface area contributed by atoms with E-state index in [2.05, 4.69) is 18.9 Å². The Labute approximate surface area is 123 Å². The molecule has 0 bridgehead atoms. The van der Waals surface area contributed by atoms with Crippen molar-refractivity contribution >= 4 is 6.29 Å². The molecule has 1 aliphatic heterocycles. The molecule has 0 saturated carbocycles. The lowest BCUT2D eigenvalue weighted by atomic mass is 10.1. The zero-order chi connectivity index (χ0) is 14.8. The van der Waals surface area contributed by atoms with Crippen LogP contribution in [0.2, 0.25) is 0 Å². The predicted molar refractivity (Wildman–Crippen MR) is 79.0 cm³/mol. The number of carbonyl (C=O) groups is 1. The lowest BCUT2D eigenvalue weighted by Gasteiger charge is -2.18. The summed E-state index contributed by atoms with van der Waals surface area (Å²) in [6.07, 6.45) is 3.60. The highest BCUT2D eigenvalue weighted by Gasteiger charge is 2.17. The van der Waals surface area contributed by atoms with Gasteiger partial charge in [-0.2, -0.15) is 5.10 Å². The van der Waals surface area contributed by atoms with Crippen molar-refractivity contribution < 1.29 is 14.3 Å². The van der Waals surface area contributed by atoms with E-state index in [1.165, 1.54) is 0 Å². The summed E-state index contributed by atoms with van der Waals surface area (Å²) >= 11 is 0. The summed E-state index contributed by atoms with van der Waals surface area (Å²) in [4.78, 5) is 11.3. The topological polar surface area (TPSA) is 53.4 Å². The van der Waals surface area contributed by atoms with Crippen LogP contribution in [0.3, 0.4) is 0 Å². The first-order chi connectivity index (χ1) is 10.2. The van der Waals surface area contributed by atoms with Crippen molar-refractivity contribution in [3.8, 4) is 22.8 Å². The highest BCUT2D eigenvalue weighted by molar-refractivity contribution is 5.85. The van der Waals surface area contributed by atoms with Crippen molar-refractivity contribution in [1.82, 2.24) is 9.78 Å². The molecular formula is C16H18N2O3. The molecule has 5 nitrogen and oxygen atoms in total. The summed E-state index contributed by atoms with van der Waals surface area (Å²) in [7, 11) is 0. The quantitative estimate of drug-likeness (QED) is 0.810. The largest absolute Gasteiger partial charge is 0.486 e. The lowest BCUT2D eigenvalue weighted by molar-refractivity contribution is 0.112. The minimum atomic E-state index is 0.259. The molecular weight excluding hydrogens is 268 g/mol. The maximum Gasteiger partial charge on any atom is 0.162 e. The average Bonchev–Trinajstić information content (AvgIpc) is 2.98. The first-order valence-corrected chi connectivity index (χ1v) is 7.17. The van der Waals surface area contributed by atoms with Gasteiger partial charge in [0.15, 0.2) is 17.8 Å². The van der Waals surface area contributed by atoms with Crippen LogP contribution in [0.1, 0.15) is 36.7 Å². The molecule has 0 N–H and O–H groups in total. The van der Waals surface area contributed by atoms with Crippen molar-refractivity contribution in [3.05, 3.63) is 30.0 Å². The standard InChI is InChI=1S/C16H18N2O3/c1-3-11(2)18-9-13(10-19)16(17-18)12-4-5-14-15(8-12)21-7-6-20-14/h4-5,8-11H,3,6-7H2,1-2H3. The smallest absolute Gasteiger partial charge is 0.162 e. The molecule has 3 rings (SSSR count). The van der Waals surface area contributed by atoms with Crippen molar-refractivity contribution in [2.45, 2.75) is 26.3 Å². The van der Waals surface area contributed by atoms with E-state index in [9.17, 15) is 4.79 Å². The van der Waals surface area contributed by atoms with Crippen molar-refractivity contribution in [1.29, 1.82) is 0 Å². The van der Waals surface area contributed by atoms with Crippen LogP contribution >= 0.6 is 0 Å². The third kappa shape index (κ3) is 2.51. The monoisotopic (exact) mass is 286 g/mol. The minimum absolute atomic E-state index is 0.259. The fraction of sp³-hybridized carbons (Fsp3) is 0.375. The molecule has 0 saturated heterocycles. The zero-order valence-electron chi connectivity index (χ0n) is 12.2. The second-order valence-electron chi connectivity index (χ2n) is 5.15. The van der Waals surface area contributed by atoms with Gasteiger partial charge in [0.1, 0.15) is 18.9 Å². The summed E-state index contributed by atoms with van der Waals surface area (Å²) in [5, 5.41) is 4.56. The fourth-order valence-corrected chi connectivity index (χ4v) is 2.32. The van der Waals surface area contributed by atoms with Crippen molar-refractivity contribution in [3.63, 3.8) is 0 Å². The number of fused-ring (bicyclic) bond motifs is 1. The molecule has 110 valence electrons. The van der Waals surface area contributed by atoms with Crippen LogP contribution in [0, 0.1) is 0 Å². The van der Waals surface area contributed by atoms with Crippen LogP contribution in [0.25, 0.3) is 11.3 Å². The molecule has 1 aromatic carbocycles. The first-order valence-electron chi connectivity index (χ1n) is 7.17. The van der Waals surface area contributed by atoms with E-state index in [0.29, 0.717) is 30.2 Å². The number of rotatable bonds is 4. The summed E-state index contributed by atoms with van der Waals surface area (Å²) < 4.78 is 12.9. The van der Waals surface area contributed by atoms with Gasteiger partial charge in [0.25, 0.3) is 0 Å². The Morgan fingerprint density at radius 3 is 2.81 bits per heavy atom. The van der Waals surface area contributed by atoms with Gasteiger partial charge in [0.05, 0.1) is 5.56 Å². The van der Waals surface area contributed by atoms with Crippen LogP contribution in [-0.2, 0) is 0 Å². The maximum atomic E-state index is 11.3. The van der Waals surface area contributed by atoms with Gasteiger partial charge in [-0.25, -0.2) is 0 Å². The van der Waals surface area contributed by atoms with Crippen molar-refractivity contribution in [2.24, 2.45) is 0 Å². The number of benzene rings is 1. The molecule has 1 unspecified atom stereocenters. The molecule has 1 aliphatic rings. The molecule has 0 aliphatic carbocycles. The fourth-order valence-electron chi connectivity index (χ4n) is 2.32. The highest BCUT2D eigenvalue weighted by Crippen LogP contribution is 2.35. The van der Waals surface area contributed by atoms with E-state index in [4.69, 9.17) is 9.47 Å². The number of aromatic nitrogens is 2. The molecule has 0 radical (unpaired) electrons. The molecule has 21 heavy (non-hydrogen) atoms. The Kier molecular flexibility index (Phi) is 3.64. The van der Waals surface area contributed by atoms with Gasteiger partial charge in [0, 0.05) is 17.8 Å². The van der Waals surface area contributed by atoms with E-state index in [1.807, 2.05) is 22.9 Å². The van der Waals surface area contributed by atoms with Gasteiger partial charge in [-0.15, -0.1) is 0 Å². The number of hydrogen-bond donors (Lipinski definition) is 0. The molecule has 0 fully saturated rings. The Bertz CT molecular complexity index is 664. The molecule has 0 spiro atoms. The lowest BCUT2D eigenvalue weighted by Crippen LogP contribution is -2.15. The van der Waals surface area contributed by atoms with Crippen molar-refractivity contribution in [2.75, 3.05) is 13.2 Å². The van der Waals surface area contributed by atoms with Crippen LogP contribution in [0.15, 0.2) is 24.4 Å². The molecule has 1 atom stereocenters. The molecule has 1 aromatic heterocycles. The van der Waals surface area contributed by atoms with E-state index in [0.717, 1.165) is 24.0 Å². The number of aldehydes is 1. The number of nitrogens with zero attached hydrogens (tertiary/aromatic N) is 2. The zero-order valence-corrected chi connectivity index (χ0v) is 12.2. The molecule has 0 amide bonds. The summed E-state index contributed by atoms with van der Waals surface area (Å²) in [6, 6.07) is 5.91. The van der Waals surface area contributed by atoms with E-state index < -0.39 is 0 Å². The van der Waals surface area contributed by atoms with Crippen LogP contribution < -0.4 is 9.47 Å². The molecule has 2 heterocycles. The predicted octanol–water partition coefficient (Wildman–Crippen LogP) is 3.10. The van der Waals surface area contributed by atoms with Gasteiger partial charge in [-0.3, -0.25) is 9.48 Å². The van der Waals surface area contributed by atoms with E-state index in [-0.39, 0.29) is 6.04 Å². The Hall–Kier alpha value is -2.30. The Morgan fingerprint density at radius 2 is 2.10 bits per heavy atom. The number of ether oxygens (including phenoxy) is 2. The Balaban J connectivity index is 2.03. The summed E-state index contributed by atoms with van der Waals surface area (Å²) in [5.74, 6) is 1.44. The molecule has 2 aromatic rings. The van der Waals surface area contributed by atoms with Crippen LogP contribution in [0.4, 0.5) is 0 Å². The number of hydrogen-bond acceptors (Lipinski definition) is 4. The van der Waals surface area contributed by atoms with Gasteiger partial charge >= 0.3 is 0 Å². The van der Waals surface area contributed by atoms with Crippen LogP contribution in [0.5, 0.6) is 11.5 Å².